The lowest BCUT2D eigenvalue weighted by molar-refractivity contribution is 1.17. The molecule has 0 spiro atoms. The lowest BCUT2D eigenvalue weighted by Gasteiger charge is -2.19. The first-order chi connectivity index (χ1) is 25.3. The van der Waals surface area contributed by atoms with Gasteiger partial charge in [-0.25, -0.2) is 0 Å². The quantitative estimate of drug-likeness (QED) is 0.170. The molecule has 10 rings (SSSR count). The van der Waals surface area contributed by atoms with Crippen molar-refractivity contribution in [1.82, 2.24) is 9.55 Å². The molecule has 0 unspecified atom stereocenters. The Bertz CT molecular complexity index is 2870. The third kappa shape index (κ3) is 4.84. The average Bonchev–Trinajstić information content (AvgIpc) is 3.54. The van der Waals surface area contributed by atoms with Crippen LogP contribution in [0.1, 0.15) is 0 Å². The lowest BCUT2D eigenvalue weighted by atomic mass is 9.85. The maximum atomic E-state index is 4.51. The van der Waals surface area contributed by atoms with Gasteiger partial charge in [-0.3, -0.25) is 4.98 Å². The maximum Gasteiger partial charge on any atom is 0.0571 e. The summed E-state index contributed by atoms with van der Waals surface area (Å²) in [4.78, 5) is 4.51. The fourth-order valence-corrected chi connectivity index (χ4v) is 7.95. The van der Waals surface area contributed by atoms with Crippen LogP contribution in [0, 0.1) is 0 Å². The van der Waals surface area contributed by atoms with Crippen LogP contribution in [0.5, 0.6) is 0 Å². The number of fused-ring (bicyclic) bond motifs is 5. The van der Waals surface area contributed by atoms with Crippen LogP contribution in [0.15, 0.2) is 194 Å². The summed E-state index contributed by atoms with van der Waals surface area (Å²) in [5.74, 6) is 0. The highest BCUT2D eigenvalue weighted by Crippen LogP contribution is 2.45. The Morgan fingerprint density at radius 2 is 0.784 bits per heavy atom. The van der Waals surface area contributed by atoms with E-state index in [0.717, 1.165) is 16.6 Å². The smallest absolute Gasteiger partial charge is 0.0571 e. The molecular formula is C49H32N2. The molecule has 2 nitrogen and oxygen atoms in total. The second kappa shape index (κ2) is 12.0. The van der Waals surface area contributed by atoms with Crippen molar-refractivity contribution in [1.29, 1.82) is 0 Å². The number of hydrogen-bond acceptors (Lipinski definition) is 1. The Hall–Kier alpha value is -6.77. The van der Waals surface area contributed by atoms with Gasteiger partial charge in [0.1, 0.15) is 0 Å². The number of benzene rings is 8. The SMILES string of the molecule is c1ccc(-c2ccc3c(c2)c2cnccc2n3-c2ccc(-c3ccc4c(-c5ccccc5)c5ccccc5c(-c5ccccc5)c4c3)cc2)cc1. The largest absolute Gasteiger partial charge is 0.309 e. The molecule has 238 valence electrons. The predicted octanol–water partition coefficient (Wildman–Crippen LogP) is 13.2. The fraction of sp³-hybridized carbons (Fsp3) is 0. The van der Waals surface area contributed by atoms with Crippen molar-refractivity contribution in [3.63, 3.8) is 0 Å². The molecule has 0 amide bonds. The predicted molar refractivity (Wildman–Crippen MR) is 215 cm³/mol. The van der Waals surface area contributed by atoms with Crippen molar-refractivity contribution in [3.05, 3.63) is 194 Å². The normalized spacial score (nSPS) is 11.5. The van der Waals surface area contributed by atoms with Gasteiger partial charge in [-0.2, -0.15) is 0 Å². The van der Waals surface area contributed by atoms with Crippen LogP contribution < -0.4 is 0 Å². The van der Waals surface area contributed by atoms with Crippen LogP contribution >= 0.6 is 0 Å². The van der Waals surface area contributed by atoms with Gasteiger partial charge >= 0.3 is 0 Å². The Morgan fingerprint density at radius 3 is 1.43 bits per heavy atom. The summed E-state index contributed by atoms with van der Waals surface area (Å²) in [6.45, 7) is 0. The number of pyridine rings is 1. The van der Waals surface area contributed by atoms with Gasteiger partial charge in [0.15, 0.2) is 0 Å². The summed E-state index contributed by atoms with van der Waals surface area (Å²) in [7, 11) is 0. The van der Waals surface area contributed by atoms with E-state index in [4.69, 9.17) is 0 Å². The molecular weight excluding hydrogens is 617 g/mol. The fourth-order valence-electron chi connectivity index (χ4n) is 7.95. The zero-order valence-corrected chi connectivity index (χ0v) is 27.9. The molecule has 51 heavy (non-hydrogen) atoms. The molecule has 2 aromatic heterocycles. The van der Waals surface area contributed by atoms with E-state index in [1.807, 2.05) is 12.4 Å². The van der Waals surface area contributed by atoms with E-state index in [0.29, 0.717) is 0 Å². The van der Waals surface area contributed by atoms with Gasteiger partial charge < -0.3 is 4.57 Å². The summed E-state index contributed by atoms with van der Waals surface area (Å²) in [6.07, 6.45) is 3.88. The average molecular weight is 649 g/mol. The van der Waals surface area contributed by atoms with E-state index < -0.39 is 0 Å². The van der Waals surface area contributed by atoms with Crippen LogP contribution in [0.25, 0.3) is 93.5 Å². The van der Waals surface area contributed by atoms with Crippen molar-refractivity contribution in [2.75, 3.05) is 0 Å². The van der Waals surface area contributed by atoms with E-state index in [-0.39, 0.29) is 0 Å². The van der Waals surface area contributed by atoms with Crippen LogP contribution in [-0.4, -0.2) is 9.55 Å². The molecule has 8 aromatic carbocycles. The van der Waals surface area contributed by atoms with Crippen LogP contribution in [0.3, 0.4) is 0 Å². The number of rotatable bonds is 5. The molecule has 0 saturated heterocycles. The molecule has 10 aromatic rings. The first-order valence-electron chi connectivity index (χ1n) is 17.5. The Morgan fingerprint density at radius 1 is 0.314 bits per heavy atom. The molecule has 0 aliphatic rings. The highest BCUT2D eigenvalue weighted by Gasteiger charge is 2.18. The minimum Gasteiger partial charge on any atom is -0.309 e. The molecule has 0 fully saturated rings. The molecule has 0 aliphatic heterocycles. The van der Waals surface area contributed by atoms with Gasteiger partial charge in [0.05, 0.1) is 11.0 Å². The van der Waals surface area contributed by atoms with Crippen molar-refractivity contribution < 1.29 is 0 Å². The molecule has 0 radical (unpaired) electrons. The molecule has 0 atom stereocenters. The Labute approximate surface area is 296 Å². The first-order valence-corrected chi connectivity index (χ1v) is 17.5. The van der Waals surface area contributed by atoms with E-state index in [2.05, 4.69) is 192 Å². The zero-order valence-electron chi connectivity index (χ0n) is 27.9. The Kier molecular flexibility index (Phi) is 6.85. The standard InChI is InChI=1S/C49H32N2/c1-4-12-33(13-5-1)38-23-27-46-43(30-38)45-32-50-29-28-47(45)51(46)39-24-20-34(21-25-39)37-22-26-42-44(31-37)49(36-16-8-3-9-17-36)41-19-11-10-18-40(41)48(42)35-14-6-2-7-15-35/h1-32H. The van der Waals surface area contributed by atoms with Crippen molar-refractivity contribution in [3.8, 4) is 50.2 Å². The maximum absolute atomic E-state index is 4.51. The lowest BCUT2D eigenvalue weighted by Crippen LogP contribution is -1.94. The van der Waals surface area contributed by atoms with Crippen molar-refractivity contribution in [2.45, 2.75) is 0 Å². The van der Waals surface area contributed by atoms with Crippen molar-refractivity contribution in [2.24, 2.45) is 0 Å². The van der Waals surface area contributed by atoms with Crippen LogP contribution in [-0.2, 0) is 0 Å². The number of nitrogens with zero attached hydrogens (tertiary/aromatic N) is 2. The second-order valence-corrected chi connectivity index (χ2v) is 13.2. The van der Waals surface area contributed by atoms with E-state index in [1.54, 1.807) is 0 Å². The minimum atomic E-state index is 1.13. The second-order valence-electron chi connectivity index (χ2n) is 13.2. The van der Waals surface area contributed by atoms with Crippen LogP contribution in [0.2, 0.25) is 0 Å². The van der Waals surface area contributed by atoms with Crippen molar-refractivity contribution >= 4 is 43.4 Å². The highest BCUT2D eigenvalue weighted by molar-refractivity contribution is 6.22. The molecule has 0 bridgehead atoms. The van der Waals surface area contributed by atoms with Crippen LogP contribution in [0.4, 0.5) is 0 Å². The monoisotopic (exact) mass is 648 g/mol. The van der Waals surface area contributed by atoms with Gasteiger partial charge in [-0.1, -0.05) is 146 Å². The topological polar surface area (TPSA) is 17.8 Å². The molecule has 2 heteroatoms. The third-order valence-electron chi connectivity index (χ3n) is 10.3. The van der Waals surface area contributed by atoms with E-state index in [9.17, 15) is 0 Å². The molecule has 0 N–H and O–H groups in total. The van der Waals surface area contributed by atoms with E-state index >= 15 is 0 Å². The van der Waals surface area contributed by atoms with Gasteiger partial charge in [0.2, 0.25) is 0 Å². The zero-order chi connectivity index (χ0) is 33.7. The number of hydrogen-bond donors (Lipinski definition) is 0. The summed E-state index contributed by atoms with van der Waals surface area (Å²) >= 11 is 0. The summed E-state index contributed by atoms with van der Waals surface area (Å²) in [5, 5.41) is 7.40. The minimum absolute atomic E-state index is 1.13. The van der Waals surface area contributed by atoms with Gasteiger partial charge in [-0.15, -0.1) is 0 Å². The molecule has 0 saturated carbocycles. The number of aromatic nitrogens is 2. The van der Waals surface area contributed by atoms with Gasteiger partial charge in [-0.05, 0) is 102 Å². The summed E-state index contributed by atoms with van der Waals surface area (Å²) < 4.78 is 2.36. The first kappa shape index (κ1) is 29.2. The molecule has 0 aliphatic carbocycles. The third-order valence-corrected chi connectivity index (χ3v) is 10.3. The molecule has 2 heterocycles. The van der Waals surface area contributed by atoms with E-state index in [1.165, 1.54) is 77.0 Å². The Balaban J connectivity index is 1.14. The highest BCUT2D eigenvalue weighted by atomic mass is 15.0. The summed E-state index contributed by atoms with van der Waals surface area (Å²) in [5.41, 5.74) is 13.2. The van der Waals surface area contributed by atoms with Gasteiger partial charge in [0.25, 0.3) is 0 Å². The summed E-state index contributed by atoms with van der Waals surface area (Å²) in [6, 6.07) is 66.0. The van der Waals surface area contributed by atoms with Gasteiger partial charge in [0, 0.05) is 28.9 Å².